The lowest BCUT2D eigenvalue weighted by Crippen LogP contribution is -2.19. The molecule has 0 radical (unpaired) electrons. The highest BCUT2D eigenvalue weighted by atomic mass is 19.1. The molecule has 0 saturated heterocycles. The summed E-state index contributed by atoms with van der Waals surface area (Å²) in [6.07, 6.45) is -1.41. The van der Waals surface area contributed by atoms with E-state index >= 15 is 0 Å². The van der Waals surface area contributed by atoms with Crippen molar-refractivity contribution in [3.63, 3.8) is 0 Å². The zero-order valence-corrected chi connectivity index (χ0v) is 13.6. The fourth-order valence-corrected chi connectivity index (χ4v) is 2.16. The standard InChI is InChI=1S/C18H15F2NO4/c1-23-16-6-4-12(8-17(16)24-2)18(22)25-14(10-21)7-11-3-5-13(19)9-15(11)20/h3-6,8-9,14H,7H2,1-2H3/t14-/m0/s1. The Morgan fingerprint density at radius 3 is 2.44 bits per heavy atom. The van der Waals surface area contributed by atoms with Crippen LogP contribution in [0, 0.1) is 23.0 Å². The van der Waals surface area contributed by atoms with Crippen molar-refractivity contribution < 1.29 is 27.8 Å². The van der Waals surface area contributed by atoms with Crippen LogP contribution in [0.5, 0.6) is 11.5 Å². The monoisotopic (exact) mass is 347 g/mol. The minimum Gasteiger partial charge on any atom is -0.493 e. The van der Waals surface area contributed by atoms with Crippen LogP contribution in [-0.4, -0.2) is 26.3 Å². The highest BCUT2D eigenvalue weighted by Crippen LogP contribution is 2.28. The Morgan fingerprint density at radius 1 is 1.12 bits per heavy atom. The van der Waals surface area contributed by atoms with E-state index in [0.29, 0.717) is 17.6 Å². The van der Waals surface area contributed by atoms with Gasteiger partial charge in [-0.3, -0.25) is 0 Å². The number of hydrogen-bond donors (Lipinski definition) is 0. The largest absolute Gasteiger partial charge is 0.493 e. The summed E-state index contributed by atoms with van der Waals surface area (Å²) in [7, 11) is 2.88. The summed E-state index contributed by atoms with van der Waals surface area (Å²) >= 11 is 0. The topological polar surface area (TPSA) is 68.5 Å². The van der Waals surface area contributed by atoms with E-state index in [1.54, 1.807) is 6.07 Å². The molecule has 130 valence electrons. The van der Waals surface area contributed by atoms with Crippen LogP contribution in [0.15, 0.2) is 36.4 Å². The molecule has 0 aliphatic carbocycles. The number of nitriles is 1. The minimum atomic E-state index is -1.22. The van der Waals surface area contributed by atoms with E-state index in [1.807, 2.05) is 0 Å². The maximum Gasteiger partial charge on any atom is 0.339 e. The lowest BCUT2D eigenvalue weighted by molar-refractivity contribution is 0.0406. The zero-order chi connectivity index (χ0) is 18.4. The molecule has 0 unspecified atom stereocenters. The highest BCUT2D eigenvalue weighted by molar-refractivity contribution is 5.90. The average Bonchev–Trinajstić information content (AvgIpc) is 2.62. The summed E-state index contributed by atoms with van der Waals surface area (Å²) in [5.74, 6) is -1.53. The average molecular weight is 347 g/mol. The van der Waals surface area contributed by atoms with Crippen LogP contribution in [0.4, 0.5) is 8.78 Å². The predicted molar refractivity (Wildman–Crippen MR) is 84.4 cm³/mol. The van der Waals surface area contributed by atoms with Crippen LogP contribution in [0.3, 0.4) is 0 Å². The van der Waals surface area contributed by atoms with Gasteiger partial charge < -0.3 is 14.2 Å². The van der Waals surface area contributed by atoms with Gasteiger partial charge in [-0.2, -0.15) is 5.26 Å². The molecule has 2 aromatic carbocycles. The number of hydrogen-bond acceptors (Lipinski definition) is 5. The molecule has 0 aliphatic heterocycles. The summed E-state index contributed by atoms with van der Waals surface area (Å²) in [6.45, 7) is 0. The fraction of sp³-hybridized carbons (Fsp3) is 0.222. The van der Waals surface area contributed by atoms with Gasteiger partial charge in [0.25, 0.3) is 0 Å². The minimum absolute atomic E-state index is 0.0769. The summed E-state index contributed by atoms with van der Waals surface area (Å²) in [6, 6.07) is 9.16. The second-order valence-corrected chi connectivity index (χ2v) is 5.03. The molecule has 25 heavy (non-hydrogen) atoms. The van der Waals surface area contributed by atoms with Crippen molar-refractivity contribution in [3.05, 3.63) is 59.2 Å². The molecule has 0 aliphatic rings. The second kappa shape index (κ2) is 8.11. The van der Waals surface area contributed by atoms with Crippen LogP contribution in [-0.2, 0) is 11.2 Å². The van der Waals surface area contributed by atoms with Crippen molar-refractivity contribution in [2.24, 2.45) is 0 Å². The van der Waals surface area contributed by atoms with Gasteiger partial charge in [0.05, 0.1) is 19.8 Å². The molecule has 0 N–H and O–H groups in total. The van der Waals surface area contributed by atoms with Crippen molar-refractivity contribution in [2.45, 2.75) is 12.5 Å². The SMILES string of the molecule is COc1ccc(C(=O)O[C@H](C#N)Cc2ccc(F)cc2F)cc1OC. The number of nitrogens with zero attached hydrogens (tertiary/aromatic N) is 1. The maximum atomic E-state index is 13.7. The third-order valence-corrected chi connectivity index (χ3v) is 3.43. The molecule has 0 aromatic heterocycles. The first-order valence-corrected chi connectivity index (χ1v) is 7.25. The van der Waals surface area contributed by atoms with Gasteiger partial charge in [0.15, 0.2) is 17.6 Å². The van der Waals surface area contributed by atoms with Gasteiger partial charge in [0.2, 0.25) is 0 Å². The van der Waals surface area contributed by atoms with E-state index in [1.165, 1.54) is 38.5 Å². The molecule has 0 heterocycles. The lowest BCUT2D eigenvalue weighted by atomic mass is 10.1. The first kappa shape index (κ1) is 18.2. The lowest BCUT2D eigenvalue weighted by Gasteiger charge is -2.13. The van der Waals surface area contributed by atoms with E-state index in [4.69, 9.17) is 19.5 Å². The Balaban J connectivity index is 2.13. The number of carbonyl (C=O) groups excluding carboxylic acids is 1. The van der Waals surface area contributed by atoms with E-state index in [-0.39, 0.29) is 17.5 Å². The molecule has 7 heteroatoms. The van der Waals surface area contributed by atoms with Crippen molar-refractivity contribution in [2.75, 3.05) is 14.2 Å². The number of halogens is 2. The zero-order valence-electron chi connectivity index (χ0n) is 13.6. The van der Waals surface area contributed by atoms with Crippen LogP contribution in [0.2, 0.25) is 0 Å². The number of esters is 1. The first-order valence-electron chi connectivity index (χ1n) is 7.25. The number of ether oxygens (including phenoxy) is 3. The summed E-state index contributed by atoms with van der Waals surface area (Å²) in [5, 5.41) is 9.14. The van der Waals surface area contributed by atoms with Gasteiger partial charge >= 0.3 is 5.97 Å². The third kappa shape index (κ3) is 4.44. The first-order chi connectivity index (χ1) is 12.0. The van der Waals surface area contributed by atoms with Gasteiger partial charge in [0, 0.05) is 12.5 Å². The van der Waals surface area contributed by atoms with Crippen molar-refractivity contribution in [1.82, 2.24) is 0 Å². The highest BCUT2D eigenvalue weighted by Gasteiger charge is 2.19. The summed E-state index contributed by atoms with van der Waals surface area (Å²) in [5.41, 5.74) is 0.227. The van der Waals surface area contributed by atoms with Crippen LogP contribution < -0.4 is 9.47 Å². The number of benzene rings is 2. The Morgan fingerprint density at radius 2 is 1.84 bits per heavy atom. The normalized spacial score (nSPS) is 11.3. The molecular weight excluding hydrogens is 332 g/mol. The molecule has 0 fully saturated rings. The third-order valence-electron chi connectivity index (χ3n) is 3.43. The predicted octanol–water partition coefficient (Wildman–Crippen LogP) is 3.27. The quantitative estimate of drug-likeness (QED) is 0.750. The number of carbonyl (C=O) groups is 1. The summed E-state index contributed by atoms with van der Waals surface area (Å²) in [4.78, 5) is 12.2. The molecule has 1 atom stereocenters. The molecule has 5 nitrogen and oxygen atoms in total. The van der Waals surface area contributed by atoms with Gasteiger partial charge in [-0.25, -0.2) is 13.6 Å². The van der Waals surface area contributed by atoms with Crippen LogP contribution in [0.25, 0.3) is 0 Å². The van der Waals surface area contributed by atoms with E-state index in [0.717, 1.165) is 6.07 Å². The van der Waals surface area contributed by atoms with Crippen LogP contribution >= 0.6 is 0 Å². The molecular formula is C18H15F2NO4. The molecule has 0 spiro atoms. The maximum absolute atomic E-state index is 13.7. The van der Waals surface area contributed by atoms with E-state index in [2.05, 4.69) is 0 Å². The Hall–Kier alpha value is -3.14. The second-order valence-electron chi connectivity index (χ2n) is 5.03. The van der Waals surface area contributed by atoms with Gasteiger partial charge in [-0.05, 0) is 29.8 Å². The molecule has 0 bridgehead atoms. The Bertz CT molecular complexity index is 817. The van der Waals surface area contributed by atoms with Crippen molar-refractivity contribution in [1.29, 1.82) is 5.26 Å². The van der Waals surface area contributed by atoms with Gasteiger partial charge in [-0.15, -0.1) is 0 Å². The molecule has 2 rings (SSSR count). The van der Waals surface area contributed by atoms with Gasteiger partial charge in [0.1, 0.15) is 17.7 Å². The van der Waals surface area contributed by atoms with Gasteiger partial charge in [-0.1, -0.05) is 6.07 Å². The molecule has 2 aromatic rings. The number of rotatable bonds is 6. The fourth-order valence-electron chi connectivity index (χ4n) is 2.16. The Labute approximate surface area is 143 Å². The number of methoxy groups -OCH3 is 2. The van der Waals surface area contributed by atoms with Crippen molar-refractivity contribution >= 4 is 5.97 Å². The molecule has 0 amide bonds. The van der Waals surface area contributed by atoms with Crippen molar-refractivity contribution in [3.8, 4) is 17.6 Å². The van der Waals surface area contributed by atoms with E-state index in [9.17, 15) is 13.6 Å². The van der Waals surface area contributed by atoms with Crippen LogP contribution in [0.1, 0.15) is 15.9 Å². The summed E-state index contributed by atoms with van der Waals surface area (Å²) < 4.78 is 41.9. The molecule has 0 saturated carbocycles. The van der Waals surface area contributed by atoms with E-state index < -0.39 is 23.7 Å². The smallest absolute Gasteiger partial charge is 0.339 e. The Kier molecular flexibility index (Phi) is 5.90.